The van der Waals surface area contributed by atoms with Crippen LogP contribution in [0.4, 0.5) is 0 Å². The Hall–Kier alpha value is -0.930. The highest BCUT2D eigenvalue weighted by molar-refractivity contribution is 5.13. The van der Waals surface area contributed by atoms with Gasteiger partial charge in [-0.25, -0.2) is 0 Å². The van der Waals surface area contributed by atoms with E-state index in [0.29, 0.717) is 0 Å². The van der Waals surface area contributed by atoms with Crippen LogP contribution in [0.25, 0.3) is 0 Å². The predicted molar refractivity (Wildman–Crippen MR) is 76.0 cm³/mol. The number of nitrogens with zero attached hydrogens (tertiary/aromatic N) is 2. The molecule has 104 valence electrons. The highest BCUT2D eigenvalue weighted by Gasteiger charge is 2.45. The summed E-state index contributed by atoms with van der Waals surface area (Å²) in [6.07, 6.45) is 11.6. The van der Waals surface area contributed by atoms with Gasteiger partial charge in [-0.15, -0.1) is 0 Å². The first kappa shape index (κ1) is 13.1. The van der Waals surface area contributed by atoms with Crippen molar-refractivity contribution in [2.75, 3.05) is 13.1 Å². The summed E-state index contributed by atoms with van der Waals surface area (Å²) in [5, 5.41) is 10.8. The van der Waals surface area contributed by atoms with Gasteiger partial charge in [0.2, 0.25) is 0 Å². The largest absolute Gasteiger partial charge is 0.391 e. The van der Waals surface area contributed by atoms with Crippen molar-refractivity contribution in [2.45, 2.75) is 56.6 Å². The Bertz CT molecular complexity index is 394. The zero-order valence-corrected chi connectivity index (χ0v) is 11.6. The van der Waals surface area contributed by atoms with Crippen LogP contribution in [-0.2, 0) is 6.42 Å². The lowest BCUT2D eigenvalue weighted by Crippen LogP contribution is -2.54. The monoisotopic (exact) mass is 260 g/mol. The first-order chi connectivity index (χ1) is 9.31. The van der Waals surface area contributed by atoms with Gasteiger partial charge in [-0.3, -0.25) is 9.88 Å². The van der Waals surface area contributed by atoms with Crippen molar-refractivity contribution < 1.29 is 5.11 Å². The van der Waals surface area contributed by atoms with Gasteiger partial charge in [-0.1, -0.05) is 18.9 Å². The molecule has 1 aliphatic carbocycles. The average molecular weight is 260 g/mol. The zero-order chi connectivity index (χ0) is 13.1. The van der Waals surface area contributed by atoms with E-state index in [4.69, 9.17) is 0 Å². The molecule has 1 saturated carbocycles. The van der Waals surface area contributed by atoms with E-state index in [0.717, 1.165) is 24.8 Å². The van der Waals surface area contributed by atoms with Crippen LogP contribution in [0.1, 0.15) is 44.1 Å². The van der Waals surface area contributed by atoms with Crippen molar-refractivity contribution in [2.24, 2.45) is 0 Å². The second kappa shape index (κ2) is 5.59. The van der Waals surface area contributed by atoms with Crippen LogP contribution < -0.4 is 0 Å². The number of likely N-dealkylation sites (tertiary alicyclic amines) is 1. The summed E-state index contributed by atoms with van der Waals surface area (Å²) < 4.78 is 0. The number of aliphatic hydroxyl groups excluding tert-OH is 1. The van der Waals surface area contributed by atoms with E-state index in [9.17, 15) is 5.11 Å². The molecule has 1 unspecified atom stereocenters. The van der Waals surface area contributed by atoms with E-state index in [2.05, 4.69) is 16.0 Å². The molecular weight excluding hydrogens is 236 g/mol. The summed E-state index contributed by atoms with van der Waals surface area (Å²) in [7, 11) is 0. The van der Waals surface area contributed by atoms with Crippen LogP contribution >= 0.6 is 0 Å². The summed E-state index contributed by atoms with van der Waals surface area (Å²) in [6, 6.07) is 4.03. The van der Waals surface area contributed by atoms with E-state index in [1.54, 1.807) is 6.20 Å². The Labute approximate surface area is 115 Å². The summed E-state index contributed by atoms with van der Waals surface area (Å²) in [5.74, 6) is 0. The van der Waals surface area contributed by atoms with Gasteiger partial charge in [0.25, 0.3) is 0 Å². The minimum atomic E-state index is -0.253. The molecule has 2 heterocycles. The summed E-state index contributed by atoms with van der Waals surface area (Å²) in [4.78, 5) is 6.73. The third-order valence-corrected chi connectivity index (χ3v) is 4.98. The van der Waals surface area contributed by atoms with Crippen LogP contribution in [0.15, 0.2) is 24.5 Å². The molecule has 1 saturated heterocycles. The summed E-state index contributed by atoms with van der Waals surface area (Å²) in [6.45, 7) is 2.34. The van der Waals surface area contributed by atoms with E-state index in [-0.39, 0.29) is 11.6 Å². The van der Waals surface area contributed by atoms with Gasteiger partial charge >= 0.3 is 0 Å². The SMILES string of the molecule is OC(Cc1cccnc1)C1(N2CCCC2)CCCC1. The summed E-state index contributed by atoms with van der Waals surface area (Å²) in [5.41, 5.74) is 1.20. The fourth-order valence-electron chi connectivity index (χ4n) is 3.94. The van der Waals surface area contributed by atoms with Crippen molar-refractivity contribution in [3.8, 4) is 0 Å². The van der Waals surface area contributed by atoms with E-state index in [1.165, 1.54) is 38.8 Å². The molecule has 1 aliphatic heterocycles. The van der Waals surface area contributed by atoms with Crippen LogP contribution in [0.5, 0.6) is 0 Å². The molecule has 0 amide bonds. The van der Waals surface area contributed by atoms with Crippen molar-refractivity contribution in [3.63, 3.8) is 0 Å². The van der Waals surface area contributed by atoms with Gasteiger partial charge in [0.1, 0.15) is 0 Å². The van der Waals surface area contributed by atoms with Gasteiger partial charge in [-0.2, -0.15) is 0 Å². The Morgan fingerprint density at radius 3 is 2.58 bits per heavy atom. The third-order valence-electron chi connectivity index (χ3n) is 4.98. The molecular formula is C16H24N2O. The van der Waals surface area contributed by atoms with Crippen LogP contribution in [0.3, 0.4) is 0 Å². The van der Waals surface area contributed by atoms with E-state index in [1.807, 2.05) is 12.3 Å². The Morgan fingerprint density at radius 2 is 1.95 bits per heavy atom. The van der Waals surface area contributed by atoms with E-state index >= 15 is 0 Å². The number of hydrogen-bond acceptors (Lipinski definition) is 3. The lowest BCUT2D eigenvalue weighted by Gasteiger charge is -2.42. The second-order valence-electron chi connectivity index (χ2n) is 6.09. The Balaban J connectivity index is 1.76. The standard InChI is InChI=1S/C16H24N2O/c19-15(12-14-6-5-9-17-13-14)16(7-1-2-8-16)18-10-3-4-11-18/h5-6,9,13,15,19H,1-4,7-8,10-12H2. The molecule has 1 atom stereocenters. The number of aliphatic hydroxyl groups is 1. The van der Waals surface area contributed by atoms with Gasteiger partial charge in [-0.05, 0) is 50.4 Å². The summed E-state index contributed by atoms with van der Waals surface area (Å²) >= 11 is 0. The highest BCUT2D eigenvalue weighted by atomic mass is 16.3. The van der Waals surface area contributed by atoms with Crippen molar-refractivity contribution in [1.82, 2.24) is 9.88 Å². The molecule has 0 bridgehead atoms. The van der Waals surface area contributed by atoms with Gasteiger partial charge in [0, 0.05) is 24.4 Å². The number of pyridine rings is 1. The number of hydrogen-bond donors (Lipinski definition) is 1. The fourth-order valence-corrected chi connectivity index (χ4v) is 3.94. The number of aromatic nitrogens is 1. The number of rotatable bonds is 4. The smallest absolute Gasteiger partial charge is 0.0764 e. The lowest BCUT2D eigenvalue weighted by molar-refractivity contribution is -0.0172. The van der Waals surface area contributed by atoms with Crippen LogP contribution in [0, 0.1) is 0 Å². The maximum Gasteiger partial charge on any atom is 0.0764 e. The zero-order valence-electron chi connectivity index (χ0n) is 11.6. The molecule has 19 heavy (non-hydrogen) atoms. The van der Waals surface area contributed by atoms with Gasteiger partial charge in [0.05, 0.1) is 6.10 Å². The third kappa shape index (κ3) is 2.54. The molecule has 0 aromatic carbocycles. The molecule has 3 rings (SSSR count). The molecule has 0 spiro atoms. The van der Waals surface area contributed by atoms with Gasteiger partial charge in [0.15, 0.2) is 0 Å². The maximum absolute atomic E-state index is 10.8. The normalized spacial score (nSPS) is 24.7. The average Bonchev–Trinajstić information content (AvgIpc) is 3.12. The molecule has 1 N–H and O–H groups in total. The van der Waals surface area contributed by atoms with Crippen LogP contribution in [-0.4, -0.2) is 39.7 Å². The quantitative estimate of drug-likeness (QED) is 0.903. The van der Waals surface area contributed by atoms with Crippen molar-refractivity contribution in [1.29, 1.82) is 0 Å². The predicted octanol–water partition coefficient (Wildman–Crippen LogP) is 2.39. The highest BCUT2D eigenvalue weighted by Crippen LogP contribution is 2.40. The first-order valence-corrected chi connectivity index (χ1v) is 7.63. The van der Waals surface area contributed by atoms with Crippen molar-refractivity contribution >= 4 is 0 Å². The minimum absolute atomic E-state index is 0.0480. The maximum atomic E-state index is 10.8. The van der Waals surface area contributed by atoms with Crippen LogP contribution in [0.2, 0.25) is 0 Å². The lowest BCUT2D eigenvalue weighted by atomic mass is 9.85. The Morgan fingerprint density at radius 1 is 1.21 bits per heavy atom. The molecule has 0 radical (unpaired) electrons. The molecule has 2 aliphatic rings. The fraction of sp³-hybridized carbons (Fsp3) is 0.688. The minimum Gasteiger partial charge on any atom is -0.391 e. The Kier molecular flexibility index (Phi) is 3.85. The van der Waals surface area contributed by atoms with E-state index < -0.39 is 0 Å². The topological polar surface area (TPSA) is 36.4 Å². The molecule has 3 nitrogen and oxygen atoms in total. The first-order valence-electron chi connectivity index (χ1n) is 7.63. The molecule has 3 heteroatoms. The van der Waals surface area contributed by atoms with Gasteiger partial charge < -0.3 is 5.11 Å². The molecule has 1 aromatic rings. The van der Waals surface area contributed by atoms with Crippen molar-refractivity contribution in [3.05, 3.63) is 30.1 Å². The molecule has 2 fully saturated rings. The second-order valence-corrected chi connectivity index (χ2v) is 6.09. The molecule has 1 aromatic heterocycles.